The van der Waals surface area contributed by atoms with Crippen LogP contribution in [0.25, 0.3) is 22.6 Å². The minimum absolute atomic E-state index is 0.231. The Morgan fingerprint density at radius 2 is 2.03 bits per heavy atom. The van der Waals surface area contributed by atoms with Crippen LogP contribution in [-0.4, -0.2) is 56.9 Å². The predicted molar refractivity (Wildman–Crippen MR) is 130 cm³/mol. The lowest BCUT2D eigenvalue weighted by molar-refractivity contribution is -0.137. The van der Waals surface area contributed by atoms with Gasteiger partial charge in [-0.05, 0) is 17.7 Å². The molecule has 0 saturated carbocycles. The van der Waals surface area contributed by atoms with Crippen molar-refractivity contribution in [1.82, 2.24) is 24.8 Å². The summed E-state index contributed by atoms with van der Waals surface area (Å²) in [7, 11) is 3.12. The fraction of sp³-hybridized carbons (Fsp3) is 0.280. The van der Waals surface area contributed by atoms with Gasteiger partial charge in [-0.25, -0.2) is 15.0 Å². The SMILES string of the molecule is CNC(=O)[C@H]1O[C@@H](n2cnc3c(NCc4ccccc4)nc(-c4cccc(OC)c4)nc32)C[C@@H]1O. The third-order valence-corrected chi connectivity index (χ3v) is 5.96. The summed E-state index contributed by atoms with van der Waals surface area (Å²) in [4.78, 5) is 26.2. The molecule has 1 aliphatic rings. The molecule has 0 aliphatic carbocycles. The van der Waals surface area contributed by atoms with Crippen LogP contribution < -0.4 is 15.4 Å². The molecule has 1 aliphatic heterocycles. The van der Waals surface area contributed by atoms with E-state index in [0.29, 0.717) is 35.1 Å². The predicted octanol–water partition coefficient (Wildman–Crippen LogP) is 2.51. The molecule has 3 atom stereocenters. The molecule has 1 saturated heterocycles. The first-order valence-corrected chi connectivity index (χ1v) is 11.3. The Hall–Kier alpha value is -4.02. The highest BCUT2D eigenvalue weighted by atomic mass is 16.5. The van der Waals surface area contributed by atoms with Gasteiger partial charge in [0.25, 0.3) is 5.91 Å². The van der Waals surface area contributed by atoms with E-state index in [1.165, 1.54) is 7.05 Å². The summed E-state index contributed by atoms with van der Waals surface area (Å²) in [6, 6.07) is 17.5. The molecule has 2 aromatic heterocycles. The zero-order valence-electron chi connectivity index (χ0n) is 19.4. The number of likely N-dealkylation sites (N-methyl/N-ethyl adjacent to an activating group) is 1. The number of benzene rings is 2. The van der Waals surface area contributed by atoms with Crippen molar-refractivity contribution in [2.24, 2.45) is 0 Å². The molecular formula is C25H26N6O4. The van der Waals surface area contributed by atoms with E-state index in [1.807, 2.05) is 54.6 Å². The molecule has 0 spiro atoms. The Morgan fingerprint density at radius 3 is 2.80 bits per heavy atom. The summed E-state index contributed by atoms with van der Waals surface area (Å²) in [6.45, 7) is 0.550. The molecule has 2 aromatic carbocycles. The molecule has 180 valence electrons. The van der Waals surface area contributed by atoms with E-state index in [9.17, 15) is 9.90 Å². The van der Waals surface area contributed by atoms with Crippen LogP contribution in [0.15, 0.2) is 60.9 Å². The van der Waals surface area contributed by atoms with Gasteiger partial charge in [-0.3, -0.25) is 9.36 Å². The van der Waals surface area contributed by atoms with Gasteiger partial charge in [0, 0.05) is 25.6 Å². The lowest BCUT2D eigenvalue weighted by atomic mass is 10.1. The van der Waals surface area contributed by atoms with Gasteiger partial charge in [0.15, 0.2) is 28.9 Å². The highest BCUT2D eigenvalue weighted by Gasteiger charge is 2.40. The highest BCUT2D eigenvalue weighted by molar-refractivity contribution is 5.85. The van der Waals surface area contributed by atoms with Gasteiger partial charge in [-0.15, -0.1) is 0 Å². The normalized spacial score (nSPS) is 19.6. The van der Waals surface area contributed by atoms with Gasteiger partial charge in [-0.2, -0.15) is 0 Å². The molecule has 3 heterocycles. The van der Waals surface area contributed by atoms with Gasteiger partial charge in [-0.1, -0.05) is 42.5 Å². The summed E-state index contributed by atoms with van der Waals surface area (Å²) in [5.74, 6) is 1.36. The van der Waals surface area contributed by atoms with Crippen LogP contribution in [-0.2, 0) is 16.1 Å². The summed E-state index contributed by atoms with van der Waals surface area (Å²) >= 11 is 0. The average molecular weight is 475 g/mol. The van der Waals surface area contributed by atoms with Crippen LogP contribution in [0.3, 0.4) is 0 Å². The van der Waals surface area contributed by atoms with Crippen molar-refractivity contribution >= 4 is 22.9 Å². The second-order valence-corrected chi connectivity index (χ2v) is 8.22. The Labute approximate surface area is 202 Å². The number of hydrogen-bond donors (Lipinski definition) is 3. The van der Waals surface area contributed by atoms with E-state index < -0.39 is 18.4 Å². The Bertz CT molecular complexity index is 1340. The number of amides is 1. The number of carbonyl (C=O) groups excluding carboxylic acids is 1. The number of carbonyl (C=O) groups is 1. The van der Waals surface area contributed by atoms with Crippen molar-refractivity contribution in [3.05, 3.63) is 66.5 Å². The van der Waals surface area contributed by atoms with Gasteiger partial charge < -0.3 is 25.2 Å². The Balaban J connectivity index is 1.56. The summed E-state index contributed by atoms with van der Waals surface area (Å²) in [5, 5.41) is 16.3. The van der Waals surface area contributed by atoms with Gasteiger partial charge in [0.2, 0.25) is 0 Å². The third kappa shape index (κ3) is 4.53. The number of imidazole rings is 1. The number of fused-ring (bicyclic) bond motifs is 1. The van der Waals surface area contributed by atoms with E-state index in [-0.39, 0.29) is 12.3 Å². The standard InChI is InChI=1S/C25H26N6O4/c1-26-25(33)21-18(32)12-19(35-21)31-14-28-20-23(27-13-15-7-4-3-5-8-15)29-22(30-24(20)31)16-9-6-10-17(11-16)34-2/h3-11,14,18-19,21,32H,12-13H2,1-2H3,(H,26,33)(H,27,29,30)/t18-,19+,21-/m0/s1. The van der Waals surface area contributed by atoms with Gasteiger partial charge in [0.05, 0.1) is 19.5 Å². The first kappa shape index (κ1) is 22.8. The van der Waals surface area contributed by atoms with Crippen molar-refractivity contribution in [1.29, 1.82) is 0 Å². The molecule has 10 heteroatoms. The second kappa shape index (κ2) is 9.69. The lowest BCUT2D eigenvalue weighted by Crippen LogP contribution is -2.38. The van der Waals surface area contributed by atoms with Crippen molar-refractivity contribution in [2.75, 3.05) is 19.5 Å². The zero-order valence-corrected chi connectivity index (χ0v) is 19.4. The number of hydrogen-bond acceptors (Lipinski definition) is 8. The molecule has 5 rings (SSSR count). The van der Waals surface area contributed by atoms with Crippen LogP contribution in [0.2, 0.25) is 0 Å². The molecule has 0 bridgehead atoms. The lowest BCUT2D eigenvalue weighted by Gasteiger charge is -2.15. The minimum Gasteiger partial charge on any atom is -0.497 e. The molecule has 0 radical (unpaired) electrons. The molecule has 3 N–H and O–H groups in total. The average Bonchev–Trinajstić information content (AvgIpc) is 3.50. The number of ether oxygens (including phenoxy) is 2. The van der Waals surface area contributed by atoms with E-state index in [4.69, 9.17) is 19.4 Å². The first-order valence-electron chi connectivity index (χ1n) is 11.3. The monoisotopic (exact) mass is 474 g/mol. The maximum atomic E-state index is 12.1. The molecule has 1 amide bonds. The van der Waals surface area contributed by atoms with Crippen LogP contribution in [0, 0.1) is 0 Å². The fourth-order valence-electron chi connectivity index (χ4n) is 4.13. The minimum atomic E-state index is -0.960. The Kier molecular flexibility index (Phi) is 6.30. The number of aliphatic hydroxyl groups excluding tert-OH is 1. The maximum Gasteiger partial charge on any atom is 0.251 e. The quantitative estimate of drug-likeness (QED) is 0.373. The Morgan fingerprint density at radius 1 is 1.20 bits per heavy atom. The second-order valence-electron chi connectivity index (χ2n) is 8.22. The number of nitrogens with zero attached hydrogens (tertiary/aromatic N) is 4. The van der Waals surface area contributed by atoms with Crippen molar-refractivity contribution in [3.8, 4) is 17.1 Å². The zero-order chi connectivity index (χ0) is 24.4. The van der Waals surface area contributed by atoms with Crippen molar-refractivity contribution in [3.63, 3.8) is 0 Å². The van der Waals surface area contributed by atoms with Crippen molar-refractivity contribution in [2.45, 2.75) is 31.4 Å². The summed E-state index contributed by atoms with van der Waals surface area (Å²) in [5.41, 5.74) is 2.96. The van der Waals surface area contributed by atoms with Crippen molar-refractivity contribution < 1.29 is 19.4 Å². The molecule has 1 fully saturated rings. The number of aromatic nitrogens is 4. The number of aliphatic hydroxyl groups is 1. The number of methoxy groups -OCH3 is 1. The number of nitrogens with one attached hydrogen (secondary N) is 2. The van der Waals surface area contributed by atoms with Crippen LogP contribution in [0.1, 0.15) is 18.2 Å². The first-order chi connectivity index (χ1) is 17.1. The molecule has 4 aromatic rings. The number of rotatable bonds is 7. The molecule has 0 unspecified atom stereocenters. The fourth-order valence-corrected chi connectivity index (χ4v) is 4.13. The largest absolute Gasteiger partial charge is 0.497 e. The highest BCUT2D eigenvalue weighted by Crippen LogP contribution is 2.33. The smallest absolute Gasteiger partial charge is 0.251 e. The maximum absolute atomic E-state index is 12.1. The van der Waals surface area contributed by atoms with Crippen LogP contribution in [0.5, 0.6) is 5.75 Å². The van der Waals surface area contributed by atoms with Crippen LogP contribution >= 0.6 is 0 Å². The summed E-state index contributed by atoms with van der Waals surface area (Å²) < 4.78 is 13.0. The molecule has 10 nitrogen and oxygen atoms in total. The van der Waals surface area contributed by atoms with Crippen LogP contribution in [0.4, 0.5) is 5.82 Å². The third-order valence-electron chi connectivity index (χ3n) is 5.96. The molecular weight excluding hydrogens is 448 g/mol. The number of anilines is 1. The van der Waals surface area contributed by atoms with E-state index >= 15 is 0 Å². The molecule has 35 heavy (non-hydrogen) atoms. The van der Waals surface area contributed by atoms with E-state index in [1.54, 1.807) is 18.0 Å². The van der Waals surface area contributed by atoms with Gasteiger partial charge in [0.1, 0.15) is 12.0 Å². The van der Waals surface area contributed by atoms with E-state index in [0.717, 1.165) is 11.1 Å². The summed E-state index contributed by atoms with van der Waals surface area (Å²) in [6.07, 6.45) is -0.668. The van der Waals surface area contributed by atoms with Gasteiger partial charge >= 0.3 is 0 Å². The van der Waals surface area contributed by atoms with E-state index in [2.05, 4.69) is 15.6 Å². The topological polar surface area (TPSA) is 123 Å².